The number of hydrogen-bond donors (Lipinski definition) is 0. The van der Waals surface area contributed by atoms with E-state index in [1.165, 1.54) is 19.3 Å². The summed E-state index contributed by atoms with van der Waals surface area (Å²) in [7, 11) is 0. The summed E-state index contributed by atoms with van der Waals surface area (Å²) < 4.78 is 6.02. The quantitative estimate of drug-likeness (QED) is 0.853. The van der Waals surface area contributed by atoms with Gasteiger partial charge in [0.1, 0.15) is 0 Å². The number of pyridine rings is 1. The van der Waals surface area contributed by atoms with Crippen LogP contribution in [0.2, 0.25) is 0 Å². The lowest BCUT2D eigenvalue weighted by atomic mass is 10.1. The van der Waals surface area contributed by atoms with Crippen LogP contribution in [0, 0.1) is 13.8 Å². The van der Waals surface area contributed by atoms with Crippen molar-refractivity contribution in [1.29, 1.82) is 0 Å². The second kappa shape index (κ2) is 8.08. The van der Waals surface area contributed by atoms with E-state index in [1.54, 1.807) is 0 Å². The monoisotopic (exact) mass is 331 g/mol. The van der Waals surface area contributed by atoms with Crippen LogP contribution in [-0.4, -0.2) is 66.1 Å². The number of carbonyl (C=O) groups excluding carboxylic acids is 1. The summed E-state index contributed by atoms with van der Waals surface area (Å²) in [6, 6.07) is 3.82. The van der Waals surface area contributed by atoms with Crippen LogP contribution in [0.1, 0.15) is 47.4 Å². The molecule has 5 heteroatoms. The smallest absolute Gasteiger partial charge is 0.255 e. The van der Waals surface area contributed by atoms with Gasteiger partial charge in [-0.05, 0) is 58.3 Å². The van der Waals surface area contributed by atoms with Gasteiger partial charge in [-0.25, -0.2) is 0 Å². The Morgan fingerprint density at radius 3 is 2.71 bits per heavy atom. The van der Waals surface area contributed by atoms with E-state index in [1.807, 2.05) is 30.9 Å². The van der Waals surface area contributed by atoms with Gasteiger partial charge in [-0.1, -0.05) is 6.42 Å². The van der Waals surface area contributed by atoms with Crippen molar-refractivity contribution in [2.45, 2.75) is 45.6 Å². The number of aromatic nitrogens is 1. The molecule has 0 bridgehead atoms. The Balaban J connectivity index is 1.66. The summed E-state index contributed by atoms with van der Waals surface area (Å²) in [5, 5.41) is 0. The average molecular weight is 331 g/mol. The van der Waals surface area contributed by atoms with Crippen LogP contribution in [0.15, 0.2) is 12.1 Å². The van der Waals surface area contributed by atoms with Crippen LogP contribution in [0.4, 0.5) is 0 Å². The molecular weight excluding hydrogens is 302 g/mol. The van der Waals surface area contributed by atoms with Gasteiger partial charge in [0.15, 0.2) is 0 Å². The predicted molar refractivity (Wildman–Crippen MR) is 94.3 cm³/mol. The van der Waals surface area contributed by atoms with Crippen molar-refractivity contribution in [2.75, 3.05) is 39.3 Å². The molecule has 0 aliphatic carbocycles. The lowest BCUT2D eigenvalue weighted by molar-refractivity contribution is 0.0216. The Bertz CT molecular complexity index is 570. The molecule has 0 radical (unpaired) electrons. The average Bonchev–Trinajstić information content (AvgIpc) is 2.81. The van der Waals surface area contributed by atoms with E-state index < -0.39 is 0 Å². The molecule has 0 spiro atoms. The Kier molecular flexibility index (Phi) is 5.85. The normalized spacial score (nSPS) is 23.1. The number of ether oxygens (including phenoxy) is 1. The second-order valence-electron chi connectivity index (χ2n) is 7.04. The van der Waals surface area contributed by atoms with Crippen molar-refractivity contribution in [1.82, 2.24) is 14.8 Å². The zero-order valence-corrected chi connectivity index (χ0v) is 15.0. The Hall–Kier alpha value is -1.46. The van der Waals surface area contributed by atoms with Gasteiger partial charge in [0.2, 0.25) is 0 Å². The highest BCUT2D eigenvalue weighted by Gasteiger charge is 2.26. The third-order valence-electron chi connectivity index (χ3n) is 5.00. The molecular formula is C19H29N3O2. The van der Waals surface area contributed by atoms with Crippen LogP contribution in [0.3, 0.4) is 0 Å². The van der Waals surface area contributed by atoms with Crippen molar-refractivity contribution >= 4 is 5.91 Å². The van der Waals surface area contributed by atoms with Gasteiger partial charge in [0.05, 0.1) is 17.4 Å². The van der Waals surface area contributed by atoms with Gasteiger partial charge >= 0.3 is 0 Å². The van der Waals surface area contributed by atoms with E-state index in [2.05, 4.69) is 9.88 Å². The van der Waals surface area contributed by atoms with Crippen molar-refractivity contribution in [2.24, 2.45) is 0 Å². The molecule has 2 aliphatic rings. The molecule has 1 aromatic heterocycles. The highest BCUT2D eigenvalue weighted by molar-refractivity contribution is 5.95. The van der Waals surface area contributed by atoms with Gasteiger partial charge in [-0.2, -0.15) is 0 Å². The van der Waals surface area contributed by atoms with E-state index in [0.29, 0.717) is 6.54 Å². The maximum absolute atomic E-state index is 12.9. The molecule has 5 nitrogen and oxygen atoms in total. The van der Waals surface area contributed by atoms with E-state index in [0.717, 1.165) is 56.2 Å². The molecule has 0 unspecified atom stereocenters. The van der Waals surface area contributed by atoms with Crippen molar-refractivity contribution in [3.05, 3.63) is 29.1 Å². The van der Waals surface area contributed by atoms with Crippen molar-refractivity contribution in [3.8, 4) is 0 Å². The first-order valence-electron chi connectivity index (χ1n) is 9.21. The number of likely N-dealkylation sites (tertiary alicyclic amines) is 1. The van der Waals surface area contributed by atoms with E-state index in [-0.39, 0.29) is 12.0 Å². The van der Waals surface area contributed by atoms with Gasteiger partial charge in [-0.15, -0.1) is 0 Å². The minimum atomic E-state index is 0.0918. The standard InChI is InChI=1S/C19H29N3O2/c1-15-7-8-18(16(2)20-15)19(23)22-11-6-12-24-17(14-22)13-21-9-4-3-5-10-21/h7-8,17H,3-6,9-14H2,1-2H3/t17-/m0/s1. The number of rotatable bonds is 3. The van der Waals surface area contributed by atoms with Gasteiger partial charge in [0.25, 0.3) is 5.91 Å². The number of aryl methyl sites for hydroxylation is 2. The molecule has 2 fully saturated rings. The van der Waals surface area contributed by atoms with Crippen molar-refractivity contribution < 1.29 is 9.53 Å². The fourth-order valence-corrected chi connectivity index (χ4v) is 3.70. The summed E-state index contributed by atoms with van der Waals surface area (Å²) >= 11 is 0. The second-order valence-corrected chi connectivity index (χ2v) is 7.04. The maximum Gasteiger partial charge on any atom is 0.255 e. The van der Waals surface area contributed by atoms with E-state index in [9.17, 15) is 4.79 Å². The molecule has 2 aliphatic heterocycles. The summed E-state index contributed by atoms with van der Waals surface area (Å²) in [6.07, 6.45) is 4.92. The van der Waals surface area contributed by atoms with Crippen LogP contribution in [-0.2, 0) is 4.74 Å². The van der Waals surface area contributed by atoms with E-state index in [4.69, 9.17) is 4.74 Å². The SMILES string of the molecule is Cc1ccc(C(=O)N2CCCO[C@@H](CN3CCCCC3)C2)c(C)n1. The van der Waals surface area contributed by atoms with Gasteiger partial charge in [-0.3, -0.25) is 9.78 Å². The largest absolute Gasteiger partial charge is 0.375 e. The minimum Gasteiger partial charge on any atom is -0.375 e. The van der Waals surface area contributed by atoms with Crippen molar-refractivity contribution in [3.63, 3.8) is 0 Å². The maximum atomic E-state index is 12.9. The number of hydrogen-bond acceptors (Lipinski definition) is 4. The lowest BCUT2D eigenvalue weighted by Gasteiger charge is -2.31. The Labute approximate surface area is 145 Å². The molecule has 2 saturated heterocycles. The fourth-order valence-electron chi connectivity index (χ4n) is 3.70. The van der Waals surface area contributed by atoms with Gasteiger partial charge in [0, 0.05) is 31.9 Å². The summed E-state index contributed by atoms with van der Waals surface area (Å²) in [5.41, 5.74) is 2.49. The van der Waals surface area contributed by atoms with Gasteiger partial charge < -0.3 is 14.5 Å². The molecule has 132 valence electrons. The molecule has 0 saturated carbocycles. The van der Waals surface area contributed by atoms with Crippen LogP contribution >= 0.6 is 0 Å². The predicted octanol–water partition coefficient (Wildman–Crippen LogP) is 2.42. The topological polar surface area (TPSA) is 45.7 Å². The third-order valence-corrected chi connectivity index (χ3v) is 5.00. The molecule has 1 aromatic rings. The fraction of sp³-hybridized carbons (Fsp3) is 0.684. The number of piperidine rings is 1. The Morgan fingerprint density at radius 1 is 1.17 bits per heavy atom. The number of nitrogens with zero attached hydrogens (tertiary/aromatic N) is 3. The first-order chi connectivity index (χ1) is 11.6. The minimum absolute atomic E-state index is 0.0918. The molecule has 0 aromatic carbocycles. The molecule has 0 N–H and O–H groups in total. The van der Waals surface area contributed by atoms with Crippen LogP contribution in [0.5, 0.6) is 0 Å². The highest BCUT2D eigenvalue weighted by Crippen LogP contribution is 2.16. The molecule has 3 heterocycles. The van der Waals surface area contributed by atoms with E-state index >= 15 is 0 Å². The zero-order valence-electron chi connectivity index (χ0n) is 15.0. The summed E-state index contributed by atoms with van der Waals surface area (Å²) in [4.78, 5) is 21.8. The molecule has 24 heavy (non-hydrogen) atoms. The number of amides is 1. The first kappa shape index (κ1) is 17.4. The number of carbonyl (C=O) groups is 1. The Morgan fingerprint density at radius 2 is 1.96 bits per heavy atom. The molecule has 3 rings (SSSR count). The lowest BCUT2D eigenvalue weighted by Crippen LogP contribution is -2.44. The highest BCUT2D eigenvalue weighted by atomic mass is 16.5. The first-order valence-corrected chi connectivity index (χ1v) is 9.21. The van der Waals surface area contributed by atoms with Crippen LogP contribution in [0.25, 0.3) is 0 Å². The zero-order chi connectivity index (χ0) is 16.9. The molecule has 1 atom stereocenters. The molecule has 1 amide bonds. The summed E-state index contributed by atoms with van der Waals surface area (Å²) in [6.45, 7) is 9.33. The summed E-state index contributed by atoms with van der Waals surface area (Å²) in [5.74, 6) is 0.0918. The van der Waals surface area contributed by atoms with Crippen LogP contribution < -0.4 is 0 Å². The third kappa shape index (κ3) is 4.33.